The molecule has 0 atom stereocenters. The van der Waals surface area contributed by atoms with E-state index in [1.807, 2.05) is 42.5 Å². The van der Waals surface area contributed by atoms with Crippen molar-refractivity contribution >= 4 is 68.7 Å². The van der Waals surface area contributed by atoms with Crippen molar-refractivity contribution in [2.24, 2.45) is 0 Å². The molecule has 6 heteroatoms. The Morgan fingerprint density at radius 1 is 0.682 bits per heavy atom. The van der Waals surface area contributed by atoms with Gasteiger partial charge in [0.2, 0.25) is 5.78 Å². The average molecular weight is 342 g/mol. The summed E-state index contributed by atoms with van der Waals surface area (Å²) in [5.74, 6) is -0.0735. The first-order chi connectivity index (χ1) is 10.6. The van der Waals surface area contributed by atoms with Crippen molar-refractivity contribution in [2.45, 2.75) is 0 Å². The van der Waals surface area contributed by atoms with Crippen LogP contribution in [0, 0.1) is 0 Å². The third-order valence-corrected chi connectivity index (χ3v) is 4.40. The molecule has 2 aromatic rings. The van der Waals surface area contributed by atoms with Gasteiger partial charge in [-0.05, 0) is 18.2 Å². The maximum Gasteiger partial charge on any atom is 0.222 e. The number of nitrogens with one attached hydrogen (secondary N) is 2. The van der Waals surface area contributed by atoms with E-state index < -0.39 is 0 Å². The van der Waals surface area contributed by atoms with Crippen LogP contribution in [0.25, 0.3) is 0 Å². The molecule has 2 N–H and O–H groups in total. The van der Waals surface area contributed by atoms with Crippen LogP contribution in [0.5, 0.6) is 0 Å². The summed E-state index contributed by atoms with van der Waals surface area (Å²) in [6, 6.07) is 15.2. The summed E-state index contributed by atoms with van der Waals surface area (Å²) >= 11 is 14.9. The molecule has 0 aliphatic carbocycles. The van der Waals surface area contributed by atoms with E-state index in [1.165, 1.54) is 0 Å². The normalized spacial score (nSPS) is 14.5. The van der Waals surface area contributed by atoms with Crippen molar-refractivity contribution in [3.8, 4) is 0 Å². The van der Waals surface area contributed by atoms with E-state index in [2.05, 4.69) is 10.6 Å². The van der Waals surface area contributed by atoms with E-state index in [0.717, 1.165) is 21.8 Å². The zero-order chi connectivity index (χ0) is 15.7. The van der Waals surface area contributed by atoms with Crippen LogP contribution in [-0.4, -0.2) is 20.6 Å². The van der Waals surface area contributed by atoms with Crippen LogP contribution >= 0.6 is 36.7 Å². The van der Waals surface area contributed by atoms with Crippen LogP contribution in [0.1, 0.15) is 15.9 Å². The van der Waals surface area contributed by atoms with Crippen molar-refractivity contribution in [1.82, 2.24) is 0 Å². The number of hydrogen-bond acceptors (Lipinski definition) is 4. The zero-order valence-corrected chi connectivity index (χ0v) is 13.7. The van der Waals surface area contributed by atoms with Gasteiger partial charge in [0.15, 0.2) is 4.99 Å². The van der Waals surface area contributed by atoms with Crippen LogP contribution < -0.4 is 10.6 Å². The number of benzene rings is 2. The molecule has 0 amide bonds. The first kappa shape index (κ1) is 14.9. The fourth-order valence-electron chi connectivity index (χ4n) is 2.18. The maximum absolute atomic E-state index is 11.2. The Morgan fingerprint density at radius 2 is 1.18 bits per heavy atom. The number of carbonyl (C=O) groups is 1. The highest BCUT2D eigenvalue weighted by atomic mass is 32.1. The van der Waals surface area contributed by atoms with Gasteiger partial charge in [0.1, 0.15) is 4.99 Å². The number of hydrogen-bond donors (Lipinski definition) is 2. The number of rotatable bonds is 0. The number of anilines is 2. The molecular formula is C16H10N2OS3. The van der Waals surface area contributed by atoms with Crippen LogP contribution in [0.15, 0.2) is 48.5 Å². The van der Waals surface area contributed by atoms with Crippen LogP contribution in [0.2, 0.25) is 0 Å². The van der Waals surface area contributed by atoms with Gasteiger partial charge in [0, 0.05) is 16.8 Å². The number of fused-ring (bicyclic) bond motifs is 2. The van der Waals surface area contributed by atoms with E-state index in [4.69, 9.17) is 36.7 Å². The molecule has 2 heterocycles. The standard InChI is InChI=1S/C8H5NOS.C8H5NS2/c2*10-7-5-3-1-2-4-6(5)9-8(7)11/h2*1-4H,(H,9,10,11). The van der Waals surface area contributed by atoms with Gasteiger partial charge in [-0.1, -0.05) is 67.0 Å². The van der Waals surface area contributed by atoms with Gasteiger partial charge in [-0.3, -0.25) is 4.79 Å². The maximum atomic E-state index is 11.2. The first-order valence-electron chi connectivity index (χ1n) is 6.47. The lowest BCUT2D eigenvalue weighted by molar-refractivity contribution is 0.107. The minimum absolute atomic E-state index is 0.0735. The summed E-state index contributed by atoms with van der Waals surface area (Å²) in [5.41, 5.74) is 3.58. The van der Waals surface area contributed by atoms with Gasteiger partial charge in [-0.2, -0.15) is 0 Å². The molecule has 0 fully saturated rings. The Bertz CT molecular complexity index is 760. The molecule has 0 aromatic heterocycles. The summed E-state index contributed by atoms with van der Waals surface area (Å²) in [7, 11) is 0. The third kappa shape index (κ3) is 2.68. The quantitative estimate of drug-likeness (QED) is 0.710. The Balaban J connectivity index is 0.000000131. The summed E-state index contributed by atoms with van der Waals surface area (Å²) in [4.78, 5) is 12.9. The summed E-state index contributed by atoms with van der Waals surface area (Å²) < 4.78 is 0. The fourth-order valence-corrected chi connectivity index (χ4v) is 2.85. The number of ketones is 1. The number of thiocarbonyl (C=S) groups is 3. The molecule has 2 aliphatic heterocycles. The second kappa shape index (κ2) is 6.00. The third-order valence-electron chi connectivity index (χ3n) is 3.25. The molecule has 108 valence electrons. The molecular weight excluding hydrogens is 332 g/mol. The lowest BCUT2D eigenvalue weighted by Crippen LogP contribution is -2.09. The van der Waals surface area contributed by atoms with Crippen molar-refractivity contribution in [1.29, 1.82) is 0 Å². The van der Waals surface area contributed by atoms with Crippen LogP contribution in [0.4, 0.5) is 11.4 Å². The molecule has 0 saturated carbocycles. The molecule has 0 saturated heterocycles. The topological polar surface area (TPSA) is 41.1 Å². The smallest absolute Gasteiger partial charge is 0.222 e. The molecule has 22 heavy (non-hydrogen) atoms. The second-order valence-electron chi connectivity index (χ2n) is 4.66. The second-order valence-corrected chi connectivity index (χ2v) is 5.88. The van der Waals surface area contributed by atoms with Gasteiger partial charge in [-0.25, -0.2) is 0 Å². The van der Waals surface area contributed by atoms with E-state index in [9.17, 15) is 4.79 Å². The molecule has 2 aromatic carbocycles. The fraction of sp³-hybridized carbons (Fsp3) is 0. The zero-order valence-electron chi connectivity index (χ0n) is 11.3. The molecule has 0 radical (unpaired) electrons. The van der Waals surface area contributed by atoms with E-state index in [-0.39, 0.29) is 5.78 Å². The summed E-state index contributed by atoms with van der Waals surface area (Å²) in [6.45, 7) is 0. The van der Waals surface area contributed by atoms with Gasteiger partial charge >= 0.3 is 0 Å². The van der Waals surface area contributed by atoms with Crippen molar-refractivity contribution in [3.05, 3.63) is 59.7 Å². The molecule has 0 bridgehead atoms. The van der Waals surface area contributed by atoms with Crippen molar-refractivity contribution < 1.29 is 4.79 Å². The predicted molar refractivity (Wildman–Crippen MR) is 101 cm³/mol. The Kier molecular flexibility index (Phi) is 4.06. The Labute approximate surface area is 143 Å². The SMILES string of the molecule is O=C1C(=S)Nc2ccccc21.S=C1Nc2ccccc2C1=S. The minimum Gasteiger partial charge on any atom is -0.345 e. The average Bonchev–Trinajstić information content (AvgIpc) is 2.98. The molecule has 2 aliphatic rings. The minimum atomic E-state index is -0.0735. The molecule has 3 nitrogen and oxygen atoms in total. The largest absolute Gasteiger partial charge is 0.345 e. The lowest BCUT2D eigenvalue weighted by Gasteiger charge is -1.93. The van der Waals surface area contributed by atoms with Gasteiger partial charge in [-0.15, -0.1) is 0 Å². The van der Waals surface area contributed by atoms with Gasteiger partial charge < -0.3 is 10.6 Å². The lowest BCUT2D eigenvalue weighted by atomic mass is 10.1. The number of para-hydroxylation sites is 2. The van der Waals surface area contributed by atoms with Crippen molar-refractivity contribution in [3.63, 3.8) is 0 Å². The molecule has 0 unspecified atom stereocenters. The highest BCUT2D eigenvalue weighted by Gasteiger charge is 2.23. The van der Waals surface area contributed by atoms with Gasteiger partial charge in [0.25, 0.3) is 0 Å². The monoisotopic (exact) mass is 342 g/mol. The number of Topliss-reactive ketones (excluding diaryl/α,β-unsaturated/α-hetero) is 1. The summed E-state index contributed by atoms with van der Waals surface area (Å²) in [6.07, 6.45) is 0. The van der Waals surface area contributed by atoms with E-state index >= 15 is 0 Å². The molecule has 0 spiro atoms. The van der Waals surface area contributed by atoms with Crippen LogP contribution in [-0.2, 0) is 0 Å². The first-order valence-corrected chi connectivity index (χ1v) is 7.70. The Hall–Kier alpha value is -2.02. The Morgan fingerprint density at radius 3 is 1.77 bits per heavy atom. The summed E-state index contributed by atoms with van der Waals surface area (Å²) in [5, 5.41) is 5.87. The highest BCUT2D eigenvalue weighted by Crippen LogP contribution is 2.23. The van der Waals surface area contributed by atoms with E-state index in [0.29, 0.717) is 15.5 Å². The van der Waals surface area contributed by atoms with Gasteiger partial charge in [0.05, 0.1) is 10.6 Å². The predicted octanol–water partition coefficient (Wildman–Crippen LogP) is 3.78. The molecule has 4 rings (SSSR count). The van der Waals surface area contributed by atoms with Crippen molar-refractivity contribution in [2.75, 3.05) is 10.6 Å². The number of carbonyl (C=O) groups excluding carboxylic acids is 1. The van der Waals surface area contributed by atoms with Crippen LogP contribution in [0.3, 0.4) is 0 Å². The van der Waals surface area contributed by atoms with E-state index in [1.54, 1.807) is 6.07 Å². The highest BCUT2D eigenvalue weighted by molar-refractivity contribution is 7.90.